The first-order chi connectivity index (χ1) is 8.09. The van der Waals surface area contributed by atoms with Crippen LogP contribution in [0.3, 0.4) is 0 Å². The molecule has 0 bridgehead atoms. The van der Waals surface area contributed by atoms with Gasteiger partial charge in [0.2, 0.25) is 0 Å². The zero-order valence-electron chi connectivity index (χ0n) is 10.9. The van der Waals surface area contributed by atoms with Gasteiger partial charge < -0.3 is 9.88 Å². The van der Waals surface area contributed by atoms with Crippen molar-refractivity contribution >= 4 is 11.0 Å². The van der Waals surface area contributed by atoms with Crippen molar-refractivity contribution in [2.24, 2.45) is 0 Å². The maximum atomic E-state index is 4.64. The summed E-state index contributed by atoms with van der Waals surface area (Å²) in [5, 5.41) is 3.41. The molecule has 4 nitrogen and oxygen atoms in total. The SMILES string of the molecule is CC(C)NCc1nc2cnccc2n1C(C)C. The van der Waals surface area contributed by atoms with Crippen LogP contribution >= 0.6 is 0 Å². The van der Waals surface area contributed by atoms with Gasteiger partial charge in [0.05, 0.1) is 18.3 Å². The lowest BCUT2D eigenvalue weighted by Crippen LogP contribution is -2.24. The van der Waals surface area contributed by atoms with E-state index < -0.39 is 0 Å². The third kappa shape index (κ3) is 2.47. The molecule has 1 N–H and O–H groups in total. The summed E-state index contributed by atoms with van der Waals surface area (Å²) in [5.74, 6) is 1.08. The van der Waals surface area contributed by atoms with Gasteiger partial charge >= 0.3 is 0 Å². The topological polar surface area (TPSA) is 42.7 Å². The molecule has 0 unspecified atom stereocenters. The molecule has 0 aromatic carbocycles. The number of hydrogen-bond donors (Lipinski definition) is 1. The highest BCUT2D eigenvalue weighted by molar-refractivity contribution is 5.74. The zero-order chi connectivity index (χ0) is 12.4. The molecule has 0 saturated heterocycles. The maximum Gasteiger partial charge on any atom is 0.124 e. The van der Waals surface area contributed by atoms with Gasteiger partial charge in [0.15, 0.2) is 0 Å². The van der Waals surface area contributed by atoms with E-state index >= 15 is 0 Å². The summed E-state index contributed by atoms with van der Waals surface area (Å²) in [5.41, 5.74) is 2.14. The van der Waals surface area contributed by atoms with Gasteiger partial charge in [0.1, 0.15) is 11.3 Å². The molecular formula is C13H20N4. The van der Waals surface area contributed by atoms with Crippen LogP contribution in [0.1, 0.15) is 39.6 Å². The first-order valence-electron chi connectivity index (χ1n) is 6.13. The fraction of sp³-hybridized carbons (Fsp3) is 0.538. The van der Waals surface area contributed by atoms with Crippen molar-refractivity contribution in [2.45, 2.75) is 46.3 Å². The predicted octanol–water partition coefficient (Wildman–Crippen LogP) is 2.51. The summed E-state index contributed by atoms with van der Waals surface area (Å²) in [7, 11) is 0. The molecular weight excluding hydrogens is 212 g/mol. The smallest absolute Gasteiger partial charge is 0.124 e. The predicted molar refractivity (Wildman–Crippen MR) is 69.9 cm³/mol. The zero-order valence-corrected chi connectivity index (χ0v) is 10.9. The molecule has 0 amide bonds. The van der Waals surface area contributed by atoms with Crippen LogP contribution in [0, 0.1) is 0 Å². The lowest BCUT2D eigenvalue weighted by molar-refractivity contribution is 0.524. The van der Waals surface area contributed by atoms with E-state index in [2.05, 4.69) is 47.5 Å². The number of nitrogens with one attached hydrogen (secondary N) is 1. The summed E-state index contributed by atoms with van der Waals surface area (Å²) in [6.45, 7) is 9.44. The van der Waals surface area contributed by atoms with Gasteiger partial charge in [-0.05, 0) is 19.9 Å². The Morgan fingerprint density at radius 3 is 2.71 bits per heavy atom. The number of pyridine rings is 1. The summed E-state index contributed by atoms with van der Waals surface area (Å²) in [6.07, 6.45) is 3.65. The third-order valence-corrected chi connectivity index (χ3v) is 2.75. The van der Waals surface area contributed by atoms with Crippen LogP contribution in [-0.2, 0) is 6.54 Å². The molecule has 92 valence electrons. The largest absolute Gasteiger partial charge is 0.324 e. The molecule has 2 rings (SSSR count). The summed E-state index contributed by atoms with van der Waals surface area (Å²) < 4.78 is 2.27. The molecule has 2 heterocycles. The second-order valence-corrected chi connectivity index (χ2v) is 4.89. The summed E-state index contributed by atoms with van der Waals surface area (Å²) in [6, 6.07) is 2.90. The number of nitrogens with zero attached hydrogens (tertiary/aromatic N) is 3. The molecule has 0 radical (unpaired) electrons. The molecule has 2 aromatic rings. The molecule has 0 saturated carbocycles. The molecule has 0 fully saturated rings. The average molecular weight is 232 g/mol. The van der Waals surface area contributed by atoms with Gasteiger partial charge in [-0.1, -0.05) is 13.8 Å². The highest BCUT2D eigenvalue weighted by Gasteiger charge is 2.12. The number of fused-ring (bicyclic) bond motifs is 1. The van der Waals surface area contributed by atoms with Gasteiger partial charge in [0, 0.05) is 18.3 Å². The molecule has 0 aliphatic rings. The van der Waals surface area contributed by atoms with Gasteiger partial charge in [-0.25, -0.2) is 4.98 Å². The number of rotatable bonds is 4. The number of imidazole rings is 1. The Hall–Kier alpha value is -1.42. The Bertz CT molecular complexity index is 499. The quantitative estimate of drug-likeness (QED) is 0.880. The van der Waals surface area contributed by atoms with E-state index in [1.165, 1.54) is 0 Å². The molecule has 0 aliphatic carbocycles. The highest BCUT2D eigenvalue weighted by atomic mass is 15.1. The first-order valence-corrected chi connectivity index (χ1v) is 6.13. The van der Waals surface area contributed by atoms with Gasteiger partial charge in [0.25, 0.3) is 0 Å². The van der Waals surface area contributed by atoms with Crippen molar-refractivity contribution in [3.05, 3.63) is 24.3 Å². The second-order valence-electron chi connectivity index (χ2n) is 4.89. The minimum Gasteiger partial charge on any atom is -0.324 e. The molecule has 4 heteroatoms. The van der Waals surface area contributed by atoms with E-state index in [4.69, 9.17) is 0 Å². The average Bonchev–Trinajstić information content (AvgIpc) is 2.64. The summed E-state index contributed by atoms with van der Waals surface area (Å²) in [4.78, 5) is 8.77. The lowest BCUT2D eigenvalue weighted by Gasteiger charge is -2.14. The Kier molecular flexibility index (Phi) is 3.43. The lowest BCUT2D eigenvalue weighted by atomic mass is 10.3. The first kappa shape index (κ1) is 12.0. The molecule has 0 spiro atoms. The van der Waals surface area contributed by atoms with Crippen LogP contribution in [-0.4, -0.2) is 20.6 Å². The van der Waals surface area contributed by atoms with Crippen LogP contribution in [0.4, 0.5) is 0 Å². The van der Waals surface area contributed by atoms with Crippen molar-refractivity contribution in [1.29, 1.82) is 0 Å². The van der Waals surface area contributed by atoms with Crippen LogP contribution in [0.15, 0.2) is 18.5 Å². The van der Waals surface area contributed by atoms with Crippen molar-refractivity contribution in [3.8, 4) is 0 Å². The second kappa shape index (κ2) is 4.84. The van der Waals surface area contributed by atoms with Gasteiger partial charge in [-0.3, -0.25) is 4.98 Å². The van der Waals surface area contributed by atoms with Crippen molar-refractivity contribution < 1.29 is 0 Å². The number of hydrogen-bond acceptors (Lipinski definition) is 3. The fourth-order valence-electron chi connectivity index (χ4n) is 2.00. The van der Waals surface area contributed by atoms with E-state index in [9.17, 15) is 0 Å². The van der Waals surface area contributed by atoms with Crippen LogP contribution in [0.25, 0.3) is 11.0 Å². The maximum absolute atomic E-state index is 4.64. The summed E-state index contributed by atoms with van der Waals surface area (Å²) >= 11 is 0. The molecule has 0 atom stereocenters. The van der Waals surface area contributed by atoms with Crippen molar-refractivity contribution in [1.82, 2.24) is 19.9 Å². The Labute approximate surface area is 102 Å². The standard InChI is InChI=1S/C13H20N4/c1-9(2)15-8-13-16-11-7-14-6-5-12(11)17(13)10(3)4/h5-7,9-10,15H,8H2,1-4H3. The Balaban J connectivity index is 2.43. The van der Waals surface area contributed by atoms with E-state index in [0.717, 1.165) is 23.4 Å². The van der Waals surface area contributed by atoms with Crippen LogP contribution in [0.2, 0.25) is 0 Å². The van der Waals surface area contributed by atoms with Gasteiger partial charge in [-0.2, -0.15) is 0 Å². The van der Waals surface area contributed by atoms with E-state index in [-0.39, 0.29) is 0 Å². The normalized spacial score (nSPS) is 11.9. The van der Waals surface area contributed by atoms with Crippen LogP contribution < -0.4 is 5.32 Å². The molecule has 2 aromatic heterocycles. The number of aromatic nitrogens is 3. The van der Waals surface area contributed by atoms with E-state index in [1.54, 1.807) is 0 Å². The third-order valence-electron chi connectivity index (χ3n) is 2.75. The van der Waals surface area contributed by atoms with Gasteiger partial charge in [-0.15, -0.1) is 0 Å². The van der Waals surface area contributed by atoms with E-state index in [1.807, 2.05) is 18.5 Å². The fourth-order valence-corrected chi connectivity index (χ4v) is 2.00. The van der Waals surface area contributed by atoms with Crippen LogP contribution in [0.5, 0.6) is 0 Å². The monoisotopic (exact) mass is 232 g/mol. The highest BCUT2D eigenvalue weighted by Crippen LogP contribution is 2.19. The Morgan fingerprint density at radius 2 is 2.06 bits per heavy atom. The van der Waals surface area contributed by atoms with Crippen molar-refractivity contribution in [3.63, 3.8) is 0 Å². The molecule has 0 aliphatic heterocycles. The Morgan fingerprint density at radius 1 is 1.29 bits per heavy atom. The molecule has 17 heavy (non-hydrogen) atoms. The van der Waals surface area contributed by atoms with E-state index in [0.29, 0.717) is 12.1 Å². The van der Waals surface area contributed by atoms with Crippen molar-refractivity contribution in [2.75, 3.05) is 0 Å². The minimum atomic E-state index is 0.409. The minimum absolute atomic E-state index is 0.409.